The minimum Gasteiger partial charge on any atom is -0.351 e. The van der Waals surface area contributed by atoms with Crippen molar-refractivity contribution < 1.29 is 19.3 Å². The van der Waals surface area contributed by atoms with Crippen LogP contribution in [0.5, 0.6) is 0 Å². The number of hydrogen-bond donors (Lipinski definition) is 1. The average Bonchev–Trinajstić information content (AvgIpc) is 1.76. The molecule has 0 aliphatic carbocycles. The van der Waals surface area contributed by atoms with Gasteiger partial charge in [0.15, 0.2) is 0 Å². The summed E-state index contributed by atoms with van der Waals surface area (Å²) in [6.07, 6.45) is 5.08. The first-order chi connectivity index (χ1) is 2.50. The number of aromatic amines is 1. The second-order valence-electron chi connectivity index (χ2n) is 0.761. The van der Waals surface area contributed by atoms with Crippen LogP contribution in [0, 0.1) is 0 Å². The van der Waals surface area contributed by atoms with Crippen LogP contribution in [0.25, 0.3) is 0 Å². The Morgan fingerprint density at radius 2 is 2.50 bits per heavy atom. The number of rotatable bonds is 0. The predicted molar refractivity (Wildman–Crippen MR) is 20.8 cm³/mol. The van der Waals surface area contributed by atoms with Gasteiger partial charge in [0.1, 0.15) is 0 Å². The fourth-order valence-corrected chi connectivity index (χ4v) is 0.215. The molecule has 2 nitrogen and oxygen atoms in total. The van der Waals surface area contributed by atoms with Crippen molar-refractivity contribution in [1.29, 1.82) is 0 Å². The van der Waals surface area contributed by atoms with E-state index in [1.165, 1.54) is 0 Å². The van der Waals surface area contributed by atoms with Gasteiger partial charge in [-0.3, -0.25) is 0 Å². The normalized spacial score (nSPS) is 6.67. The third-order valence-corrected chi connectivity index (χ3v) is 0.406. The van der Waals surface area contributed by atoms with E-state index in [0.29, 0.717) is 0 Å². The monoisotopic (exact) mass is 128 g/mol. The molecule has 1 aromatic heterocycles. The van der Waals surface area contributed by atoms with E-state index < -0.39 is 0 Å². The number of hydrogen-bond acceptors (Lipinski definition) is 1. The summed E-state index contributed by atoms with van der Waals surface area (Å²) in [7, 11) is 0. The second-order valence-corrected chi connectivity index (χ2v) is 0.761. The largest absolute Gasteiger partial charge is 2.00 e. The summed E-state index contributed by atoms with van der Waals surface area (Å²) < 4.78 is 0. The van der Waals surface area contributed by atoms with E-state index >= 15 is 0 Å². The van der Waals surface area contributed by atoms with Gasteiger partial charge in [-0.25, -0.2) is 4.98 Å². The van der Waals surface area contributed by atoms with Crippen LogP contribution in [0.15, 0.2) is 18.7 Å². The maximum atomic E-state index is 3.67. The third-order valence-electron chi connectivity index (χ3n) is 0.406. The molecule has 1 aromatic rings. The number of aromatic nitrogens is 2. The zero-order valence-electron chi connectivity index (χ0n) is 5.00. The molecule has 0 aliphatic heterocycles. The standard InChI is InChI=1S/C3H4N2.Ni/c1-2-5-3-4-1;/h1-3H,(H,4,5);/q;+2/p+2. The predicted octanol–water partition coefficient (Wildman–Crippen LogP) is 0.632. The van der Waals surface area contributed by atoms with E-state index in [0.717, 1.165) is 0 Å². The Morgan fingerprint density at radius 3 is 2.67 bits per heavy atom. The summed E-state index contributed by atoms with van der Waals surface area (Å²) in [5.41, 5.74) is 0. The number of nitrogens with one attached hydrogen (secondary N) is 1. The first-order valence-corrected chi connectivity index (χ1v) is 1.43. The Labute approximate surface area is 48.9 Å². The van der Waals surface area contributed by atoms with Gasteiger partial charge in [-0.05, 0) is 0 Å². The van der Waals surface area contributed by atoms with Crippen molar-refractivity contribution in [2.45, 2.75) is 0 Å². The molecule has 34 valence electrons. The van der Waals surface area contributed by atoms with Gasteiger partial charge < -0.3 is 4.98 Å². The van der Waals surface area contributed by atoms with Crippen LogP contribution in [-0.2, 0) is 16.5 Å². The van der Waals surface area contributed by atoms with Crippen LogP contribution in [0.2, 0.25) is 0 Å². The molecule has 0 saturated carbocycles. The molecule has 0 radical (unpaired) electrons. The molecular formula is C3H6N2Ni+4. The van der Waals surface area contributed by atoms with Gasteiger partial charge in [-0.2, -0.15) is 0 Å². The maximum absolute atomic E-state index is 3.67. The average molecular weight is 129 g/mol. The van der Waals surface area contributed by atoms with Gasteiger partial charge in [0, 0.05) is 12.4 Å². The second kappa shape index (κ2) is 2.92. The van der Waals surface area contributed by atoms with Crippen LogP contribution in [0.1, 0.15) is 2.85 Å². The van der Waals surface area contributed by atoms with Gasteiger partial charge in [0.05, 0.1) is 6.33 Å². The van der Waals surface area contributed by atoms with Crippen molar-refractivity contribution in [1.82, 2.24) is 9.97 Å². The molecule has 0 saturated heterocycles. The van der Waals surface area contributed by atoms with Crippen molar-refractivity contribution in [3.05, 3.63) is 18.7 Å². The third kappa shape index (κ3) is 1.22. The molecule has 0 fully saturated rings. The summed E-state index contributed by atoms with van der Waals surface area (Å²) >= 11 is 0. The minimum absolute atomic E-state index is 0. The Morgan fingerprint density at radius 1 is 1.67 bits per heavy atom. The molecule has 0 unspecified atom stereocenters. The Bertz CT molecular complexity index is 71.8. The van der Waals surface area contributed by atoms with Gasteiger partial charge in [-0.15, -0.1) is 0 Å². The van der Waals surface area contributed by atoms with Crippen LogP contribution < -0.4 is 0 Å². The molecule has 0 bridgehead atoms. The Hall–Kier alpha value is -0.296. The maximum Gasteiger partial charge on any atom is 2.00 e. The van der Waals surface area contributed by atoms with E-state index in [9.17, 15) is 0 Å². The summed E-state index contributed by atoms with van der Waals surface area (Å²) in [5, 5.41) is 0. The molecular weight excluding hydrogens is 123 g/mol. The summed E-state index contributed by atoms with van der Waals surface area (Å²) in [6.45, 7) is 0. The van der Waals surface area contributed by atoms with Gasteiger partial charge in [-0.1, -0.05) is 0 Å². The van der Waals surface area contributed by atoms with E-state index in [1.54, 1.807) is 18.7 Å². The number of imidazole rings is 1. The summed E-state index contributed by atoms with van der Waals surface area (Å²) in [4.78, 5) is 6.42. The topological polar surface area (TPSA) is 28.7 Å². The molecule has 0 aromatic carbocycles. The zero-order chi connectivity index (χ0) is 3.54. The molecule has 3 heteroatoms. The van der Waals surface area contributed by atoms with Crippen molar-refractivity contribution >= 4 is 0 Å². The molecule has 0 spiro atoms. The molecule has 6 heavy (non-hydrogen) atoms. The smallest absolute Gasteiger partial charge is 0.351 e. The van der Waals surface area contributed by atoms with Gasteiger partial charge in [0.2, 0.25) is 0 Å². The van der Waals surface area contributed by atoms with E-state index in [-0.39, 0.29) is 19.3 Å². The van der Waals surface area contributed by atoms with Crippen LogP contribution in [0.3, 0.4) is 0 Å². The quantitative estimate of drug-likeness (QED) is 0.511. The van der Waals surface area contributed by atoms with Gasteiger partial charge in [0.25, 0.3) is 0 Å². The molecule has 1 rings (SSSR count). The zero-order valence-corrected chi connectivity index (χ0v) is 3.98. The van der Waals surface area contributed by atoms with E-state index in [4.69, 9.17) is 0 Å². The fraction of sp³-hybridized carbons (Fsp3) is 0. The van der Waals surface area contributed by atoms with Crippen LogP contribution >= 0.6 is 0 Å². The van der Waals surface area contributed by atoms with Crippen molar-refractivity contribution in [2.24, 2.45) is 0 Å². The van der Waals surface area contributed by atoms with Crippen molar-refractivity contribution in [3.63, 3.8) is 0 Å². The number of nitrogens with zero attached hydrogens (tertiary/aromatic N) is 1. The van der Waals surface area contributed by atoms with Crippen LogP contribution in [-0.4, -0.2) is 9.97 Å². The Balaban J connectivity index is -0.0000000833. The van der Waals surface area contributed by atoms with E-state index in [2.05, 4.69) is 9.97 Å². The van der Waals surface area contributed by atoms with Crippen molar-refractivity contribution in [2.75, 3.05) is 0 Å². The molecule has 0 amide bonds. The SMILES string of the molecule is [H+].[H+].[Ni+2].c1c[nH]cn1. The molecule has 0 aliphatic rings. The van der Waals surface area contributed by atoms with E-state index in [1.807, 2.05) is 0 Å². The van der Waals surface area contributed by atoms with Crippen molar-refractivity contribution in [3.8, 4) is 0 Å². The Kier molecular flexibility index (Phi) is 2.77. The van der Waals surface area contributed by atoms with Gasteiger partial charge >= 0.3 is 19.3 Å². The summed E-state index contributed by atoms with van der Waals surface area (Å²) in [6, 6.07) is 0. The molecule has 1 heterocycles. The first-order valence-electron chi connectivity index (χ1n) is 1.43. The molecule has 0 atom stereocenters. The summed E-state index contributed by atoms with van der Waals surface area (Å²) in [5.74, 6) is 0. The minimum atomic E-state index is 0. The van der Waals surface area contributed by atoms with Crippen LogP contribution in [0.4, 0.5) is 0 Å². The first kappa shape index (κ1) is 5.70. The number of H-pyrrole nitrogens is 1. The fourth-order valence-electron chi connectivity index (χ4n) is 0.215. The molecule has 1 N–H and O–H groups in total.